The molecule has 31 heavy (non-hydrogen) atoms. The van der Waals surface area contributed by atoms with E-state index in [0.29, 0.717) is 5.92 Å². The molecule has 4 aliphatic carbocycles. The third kappa shape index (κ3) is 2.77. The van der Waals surface area contributed by atoms with Crippen LogP contribution in [0.5, 0.6) is 5.75 Å². The van der Waals surface area contributed by atoms with Crippen LogP contribution in [0.25, 0.3) is 16.1 Å². The van der Waals surface area contributed by atoms with Gasteiger partial charge < -0.3 is 9.84 Å². The van der Waals surface area contributed by atoms with Crippen LogP contribution >= 0.6 is 11.3 Å². The Labute approximate surface area is 189 Å². The number of hydrogen-bond donors (Lipinski definition) is 1. The number of aryl methyl sites for hydroxylation is 1. The molecule has 4 heteroatoms. The van der Waals surface area contributed by atoms with Crippen molar-refractivity contribution >= 4 is 16.9 Å². The SMILES string of the molecule is COc1ccc(-c2nc3c(s2)C2=CC[C@@H]4[C@H](CC[C@]5(C)C(O)CC[C@@H]45)[C@@]2(C)CC3)cc1. The van der Waals surface area contributed by atoms with Gasteiger partial charge in [0, 0.05) is 5.56 Å². The fourth-order valence-corrected chi connectivity index (χ4v) is 9.00. The zero-order valence-electron chi connectivity index (χ0n) is 18.9. The van der Waals surface area contributed by atoms with Crippen molar-refractivity contribution in [3.63, 3.8) is 0 Å². The summed E-state index contributed by atoms with van der Waals surface area (Å²) >= 11 is 1.88. The predicted molar refractivity (Wildman–Crippen MR) is 126 cm³/mol. The summed E-state index contributed by atoms with van der Waals surface area (Å²) in [5.74, 6) is 3.06. The van der Waals surface area contributed by atoms with E-state index in [4.69, 9.17) is 9.72 Å². The van der Waals surface area contributed by atoms with Gasteiger partial charge in [0.25, 0.3) is 0 Å². The van der Waals surface area contributed by atoms with Gasteiger partial charge in [0.1, 0.15) is 10.8 Å². The number of nitrogens with zero attached hydrogens (tertiary/aromatic N) is 1. The standard InChI is InChI=1S/C27H33NO2S/c1-26-15-13-22-24(31-25(28-22)16-4-6-17(30-3)7-5-16)21(26)9-8-18-19-10-11-23(29)27(19,2)14-12-20(18)26/h4-7,9,18-20,23,29H,8,10-15H2,1-3H3/t18-,19-,20-,23?,26+,27-/m0/s1. The minimum Gasteiger partial charge on any atom is -0.497 e. The van der Waals surface area contributed by atoms with Crippen molar-refractivity contribution in [2.24, 2.45) is 28.6 Å². The van der Waals surface area contributed by atoms with Crippen molar-refractivity contribution < 1.29 is 9.84 Å². The van der Waals surface area contributed by atoms with E-state index in [2.05, 4.69) is 32.1 Å². The zero-order chi connectivity index (χ0) is 21.4. The molecular formula is C27H33NO2S. The first kappa shape index (κ1) is 20.0. The lowest BCUT2D eigenvalue weighted by molar-refractivity contribution is -0.0579. The number of aliphatic hydroxyl groups excluding tert-OH is 1. The Balaban J connectivity index is 1.36. The Hall–Kier alpha value is -1.65. The molecule has 2 fully saturated rings. The Morgan fingerprint density at radius 2 is 1.87 bits per heavy atom. The average molecular weight is 436 g/mol. The molecule has 0 aliphatic heterocycles. The van der Waals surface area contributed by atoms with Gasteiger partial charge in [-0.1, -0.05) is 19.9 Å². The molecular weight excluding hydrogens is 402 g/mol. The van der Waals surface area contributed by atoms with Crippen molar-refractivity contribution in [1.29, 1.82) is 0 Å². The van der Waals surface area contributed by atoms with E-state index >= 15 is 0 Å². The molecule has 0 radical (unpaired) electrons. The maximum Gasteiger partial charge on any atom is 0.124 e. The summed E-state index contributed by atoms with van der Waals surface area (Å²) in [5, 5.41) is 11.8. The van der Waals surface area contributed by atoms with E-state index < -0.39 is 0 Å². The maximum atomic E-state index is 10.7. The van der Waals surface area contributed by atoms with Crippen LogP contribution in [0.1, 0.15) is 62.9 Å². The highest BCUT2D eigenvalue weighted by Crippen LogP contribution is 2.66. The van der Waals surface area contributed by atoms with Gasteiger partial charge in [0.2, 0.25) is 0 Å². The first-order valence-electron chi connectivity index (χ1n) is 12.0. The molecule has 1 heterocycles. The summed E-state index contributed by atoms with van der Waals surface area (Å²) in [6.45, 7) is 4.91. The third-order valence-electron chi connectivity index (χ3n) is 9.57. The van der Waals surface area contributed by atoms with Crippen molar-refractivity contribution in [2.75, 3.05) is 7.11 Å². The molecule has 4 aliphatic rings. The van der Waals surface area contributed by atoms with Crippen LogP contribution < -0.4 is 4.74 Å². The Morgan fingerprint density at radius 1 is 1.06 bits per heavy atom. The second-order valence-electron chi connectivity index (χ2n) is 10.8. The lowest BCUT2D eigenvalue weighted by Gasteiger charge is -2.56. The van der Waals surface area contributed by atoms with Gasteiger partial charge in [-0.15, -0.1) is 11.3 Å². The normalized spacial score (nSPS) is 38.5. The number of aromatic nitrogens is 1. The third-order valence-corrected chi connectivity index (χ3v) is 10.8. The molecule has 0 bridgehead atoms. The van der Waals surface area contributed by atoms with Crippen LogP contribution in [0.4, 0.5) is 0 Å². The van der Waals surface area contributed by atoms with Gasteiger partial charge in [0.15, 0.2) is 0 Å². The summed E-state index contributed by atoms with van der Waals surface area (Å²) in [5.41, 5.74) is 4.47. The molecule has 6 atom stereocenters. The highest BCUT2D eigenvalue weighted by molar-refractivity contribution is 7.16. The number of aliphatic hydroxyl groups is 1. The minimum absolute atomic E-state index is 0.0943. The molecule has 0 amide bonds. The number of hydrogen-bond acceptors (Lipinski definition) is 4. The van der Waals surface area contributed by atoms with Crippen LogP contribution in [-0.2, 0) is 6.42 Å². The Morgan fingerprint density at radius 3 is 2.65 bits per heavy atom. The van der Waals surface area contributed by atoms with Crippen LogP contribution in [0, 0.1) is 28.6 Å². The van der Waals surface area contributed by atoms with Gasteiger partial charge >= 0.3 is 0 Å². The largest absolute Gasteiger partial charge is 0.497 e. The van der Waals surface area contributed by atoms with Gasteiger partial charge in [-0.3, -0.25) is 0 Å². The lowest BCUT2D eigenvalue weighted by Crippen LogP contribution is -2.50. The topological polar surface area (TPSA) is 42.4 Å². The van der Waals surface area contributed by atoms with E-state index in [1.54, 1.807) is 12.7 Å². The first-order valence-corrected chi connectivity index (χ1v) is 12.8. The fourth-order valence-electron chi connectivity index (χ4n) is 7.71. The maximum absolute atomic E-state index is 10.7. The molecule has 0 spiro atoms. The van der Waals surface area contributed by atoms with Crippen molar-refractivity contribution in [3.8, 4) is 16.3 Å². The quantitative estimate of drug-likeness (QED) is 0.597. The monoisotopic (exact) mass is 435 g/mol. The molecule has 2 saturated carbocycles. The number of allylic oxidation sites excluding steroid dienone is 2. The van der Waals surface area contributed by atoms with Crippen LogP contribution in [0.2, 0.25) is 0 Å². The van der Waals surface area contributed by atoms with Crippen LogP contribution in [0.15, 0.2) is 30.3 Å². The minimum atomic E-state index is -0.0943. The molecule has 1 N–H and O–H groups in total. The first-order chi connectivity index (χ1) is 14.9. The summed E-state index contributed by atoms with van der Waals surface area (Å²) in [4.78, 5) is 6.52. The Bertz CT molecular complexity index is 1040. The van der Waals surface area contributed by atoms with E-state index in [9.17, 15) is 5.11 Å². The Kier molecular flexibility index (Phi) is 4.46. The van der Waals surface area contributed by atoms with Gasteiger partial charge in [0.05, 0.1) is 23.8 Å². The molecule has 6 rings (SSSR count). The number of ether oxygens (including phenoxy) is 1. The lowest BCUT2D eigenvalue weighted by atomic mass is 9.48. The molecule has 1 aromatic carbocycles. The molecule has 1 aromatic heterocycles. The van der Waals surface area contributed by atoms with E-state index in [-0.39, 0.29) is 16.9 Å². The van der Waals surface area contributed by atoms with Crippen molar-refractivity contribution in [1.82, 2.24) is 4.98 Å². The summed E-state index contributed by atoms with van der Waals surface area (Å²) in [6, 6.07) is 8.31. The van der Waals surface area contributed by atoms with Crippen LogP contribution in [-0.4, -0.2) is 23.3 Å². The number of benzene rings is 1. The van der Waals surface area contributed by atoms with Gasteiger partial charge in [-0.05, 0) is 103 Å². The highest BCUT2D eigenvalue weighted by atomic mass is 32.1. The number of rotatable bonds is 2. The number of fused-ring (bicyclic) bond motifs is 7. The molecule has 0 saturated heterocycles. The second kappa shape index (κ2) is 6.92. The van der Waals surface area contributed by atoms with Crippen molar-refractivity contribution in [2.45, 2.75) is 64.9 Å². The van der Waals surface area contributed by atoms with E-state index in [1.165, 1.54) is 48.2 Å². The molecule has 2 aromatic rings. The van der Waals surface area contributed by atoms with Crippen molar-refractivity contribution in [3.05, 3.63) is 40.9 Å². The van der Waals surface area contributed by atoms with Gasteiger partial charge in [-0.2, -0.15) is 0 Å². The molecule has 3 nitrogen and oxygen atoms in total. The summed E-state index contributed by atoms with van der Waals surface area (Å²) in [6.07, 6.45) is 10.6. The average Bonchev–Trinajstić information content (AvgIpc) is 3.34. The van der Waals surface area contributed by atoms with Gasteiger partial charge in [-0.25, -0.2) is 4.98 Å². The fraction of sp³-hybridized carbons (Fsp3) is 0.593. The number of methoxy groups -OCH3 is 1. The second-order valence-corrected chi connectivity index (χ2v) is 11.8. The van der Waals surface area contributed by atoms with E-state index in [1.807, 2.05) is 23.5 Å². The van der Waals surface area contributed by atoms with E-state index in [0.717, 1.165) is 35.4 Å². The molecule has 164 valence electrons. The molecule has 1 unspecified atom stereocenters. The van der Waals surface area contributed by atoms with Crippen LogP contribution in [0.3, 0.4) is 0 Å². The summed E-state index contributed by atoms with van der Waals surface area (Å²) in [7, 11) is 1.71. The predicted octanol–water partition coefficient (Wildman–Crippen LogP) is 6.36. The highest BCUT2D eigenvalue weighted by Gasteiger charge is 2.58. The zero-order valence-corrected chi connectivity index (χ0v) is 19.7. The number of thiazole rings is 1. The summed E-state index contributed by atoms with van der Waals surface area (Å²) < 4.78 is 5.32. The smallest absolute Gasteiger partial charge is 0.124 e.